The van der Waals surface area contributed by atoms with Gasteiger partial charge in [0.1, 0.15) is 31.0 Å². The maximum absolute atomic E-state index is 12.7. The van der Waals surface area contributed by atoms with Gasteiger partial charge in [-0.05, 0) is 32.1 Å². The van der Waals surface area contributed by atoms with Crippen molar-refractivity contribution in [2.24, 2.45) is 0 Å². The number of carbonyl (C=O) groups is 2. The molecular weight excluding hydrogens is 664 g/mol. The van der Waals surface area contributed by atoms with E-state index in [1.165, 1.54) is 96.3 Å². The van der Waals surface area contributed by atoms with E-state index < -0.39 is 49.4 Å². The van der Waals surface area contributed by atoms with Crippen LogP contribution < -0.4 is 0 Å². The molecular formula is C42H78O10. The molecule has 0 bridgehead atoms. The second-order valence-corrected chi connectivity index (χ2v) is 14.8. The predicted octanol–water partition coefficient (Wildman–Crippen LogP) is 8.39. The summed E-state index contributed by atoms with van der Waals surface area (Å²) in [6, 6.07) is 0. The first-order chi connectivity index (χ1) is 25.3. The van der Waals surface area contributed by atoms with Gasteiger partial charge in [-0.3, -0.25) is 9.59 Å². The van der Waals surface area contributed by atoms with E-state index in [1.807, 2.05) is 0 Å². The van der Waals surface area contributed by atoms with Crippen molar-refractivity contribution in [3.63, 3.8) is 0 Å². The third-order valence-corrected chi connectivity index (χ3v) is 9.90. The summed E-state index contributed by atoms with van der Waals surface area (Å²) in [5, 5.41) is 40.0. The van der Waals surface area contributed by atoms with E-state index >= 15 is 0 Å². The van der Waals surface area contributed by atoms with Crippen molar-refractivity contribution >= 4 is 11.9 Å². The summed E-state index contributed by atoms with van der Waals surface area (Å²) in [4.78, 5) is 25.2. The van der Waals surface area contributed by atoms with Gasteiger partial charge in [0.05, 0.1) is 13.2 Å². The number of esters is 2. The van der Waals surface area contributed by atoms with Crippen LogP contribution in [0, 0.1) is 0 Å². The molecule has 6 atom stereocenters. The van der Waals surface area contributed by atoms with Gasteiger partial charge >= 0.3 is 11.9 Å². The topological polar surface area (TPSA) is 152 Å². The summed E-state index contributed by atoms with van der Waals surface area (Å²) >= 11 is 0. The Labute approximate surface area is 316 Å². The van der Waals surface area contributed by atoms with Crippen LogP contribution in [0.2, 0.25) is 0 Å². The zero-order valence-electron chi connectivity index (χ0n) is 33.1. The Morgan fingerprint density at radius 3 is 1.56 bits per heavy atom. The summed E-state index contributed by atoms with van der Waals surface area (Å²) in [5.41, 5.74) is 0. The normalized spacial score (nSPS) is 21.1. The van der Waals surface area contributed by atoms with Crippen LogP contribution in [0.25, 0.3) is 0 Å². The molecule has 1 aliphatic rings. The van der Waals surface area contributed by atoms with Gasteiger partial charge in [-0.15, -0.1) is 0 Å². The Balaban J connectivity index is 2.33. The third kappa shape index (κ3) is 25.5. The van der Waals surface area contributed by atoms with Crippen molar-refractivity contribution in [1.29, 1.82) is 0 Å². The molecule has 0 aromatic carbocycles. The molecule has 1 fully saturated rings. The standard InChI is InChI=1S/C42H78O10/c1-3-5-7-9-11-13-15-16-17-18-19-21-22-24-26-28-30-37(44)49-33-35(34-50-42-41(48)40(47)39(46)36(32-43)52-42)51-38(45)31-29-27-25-23-20-14-12-10-8-6-4-2/h10,12,35-36,39-43,46-48H,3-9,11,13-34H2,1-2H3/b12-10+/t35-,36-,39+,40?,41?,42-/m0/s1. The highest BCUT2D eigenvalue weighted by Crippen LogP contribution is 2.22. The molecule has 1 saturated heterocycles. The molecule has 0 aromatic rings. The molecule has 1 heterocycles. The molecule has 306 valence electrons. The largest absolute Gasteiger partial charge is 0.462 e. The van der Waals surface area contributed by atoms with Crippen LogP contribution >= 0.6 is 0 Å². The molecule has 0 radical (unpaired) electrons. The van der Waals surface area contributed by atoms with Crippen LogP contribution in [0.4, 0.5) is 0 Å². The fourth-order valence-electron chi connectivity index (χ4n) is 6.46. The second-order valence-electron chi connectivity index (χ2n) is 14.8. The number of aliphatic hydroxyl groups is 4. The maximum atomic E-state index is 12.7. The number of allylic oxidation sites excluding steroid dienone is 2. The number of rotatable bonds is 35. The first kappa shape index (κ1) is 48.5. The predicted molar refractivity (Wildman–Crippen MR) is 206 cm³/mol. The van der Waals surface area contributed by atoms with E-state index in [1.54, 1.807) is 0 Å². The minimum atomic E-state index is -1.59. The van der Waals surface area contributed by atoms with Crippen molar-refractivity contribution in [2.75, 3.05) is 19.8 Å². The Morgan fingerprint density at radius 1 is 0.577 bits per heavy atom. The summed E-state index contributed by atoms with van der Waals surface area (Å²) in [5.74, 6) is -0.811. The molecule has 1 rings (SSSR count). The van der Waals surface area contributed by atoms with Gasteiger partial charge in [0.15, 0.2) is 12.4 Å². The SMILES string of the molecule is CCCC/C=C/CCCCCCCC(=O)O[C@@H](COC(=O)CCCCCCCCCCCCCCCCCC)CO[C@H]1O[C@@H](CO)[C@@H](O)C(O)C1O. The quantitative estimate of drug-likeness (QED) is 0.0283. The first-order valence-electron chi connectivity index (χ1n) is 21.3. The molecule has 0 aliphatic carbocycles. The first-order valence-corrected chi connectivity index (χ1v) is 21.3. The molecule has 10 heteroatoms. The molecule has 52 heavy (non-hydrogen) atoms. The lowest BCUT2D eigenvalue weighted by Gasteiger charge is -2.39. The van der Waals surface area contributed by atoms with Crippen LogP contribution in [0.1, 0.15) is 187 Å². The van der Waals surface area contributed by atoms with E-state index in [9.17, 15) is 30.0 Å². The summed E-state index contributed by atoms with van der Waals surface area (Å²) < 4.78 is 22.1. The summed E-state index contributed by atoms with van der Waals surface area (Å²) in [6.07, 6.45) is 26.5. The number of ether oxygens (including phenoxy) is 4. The van der Waals surface area contributed by atoms with Gasteiger partial charge in [0.25, 0.3) is 0 Å². The molecule has 0 aromatic heterocycles. The number of hydrogen-bond acceptors (Lipinski definition) is 10. The number of unbranched alkanes of at least 4 members (excludes halogenated alkanes) is 22. The molecule has 4 N–H and O–H groups in total. The summed E-state index contributed by atoms with van der Waals surface area (Å²) in [7, 11) is 0. The van der Waals surface area contributed by atoms with Gasteiger partial charge in [0, 0.05) is 12.8 Å². The Kier molecular flexibility index (Phi) is 31.7. The van der Waals surface area contributed by atoms with Gasteiger partial charge < -0.3 is 39.4 Å². The van der Waals surface area contributed by atoms with E-state index in [-0.39, 0.29) is 32.0 Å². The Hall–Kier alpha value is -1.56. The van der Waals surface area contributed by atoms with Crippen molar-refractivity contribution in [2.45, 2.75) is 224 Å². The smallest absolute Gasteiger partial charge is 0.306 e. The summed E-state index contributed by atoms with van der Waals surface area (Å²) in [6.45, 7) is 3.38. The monoisotopic (exact) mass is 743 g/mol. The van der Waals surface area contributed by atoms with Crippen molar-refractivity contribution < 1.29 is 49.0 Å². The molecule has 2 unspecified atom stereocenters. The zero-order valence-corrected chi connectivity index (χ0v) is 33.1. The lowest BCUT2D eigenvalue weighted by atomic mass is 9.99. The Bertz CT molecular complexity index is 866. The van der Waals surface area contributed by atoms with Gasteiger partial charge in [0.2, 0.25) is 0 Å². The molecule has 1 aliphatic heterocycles. The fourth-order valence-corrected chi connectivity index (χ4v) is 6.46. The molecule has 0 amide bonds. The Morgan fingerprint density at radius 2 is 1.04 bits per heavy atom. The number of carbonyl (C=O) groups excluding carboxylic acids is 2. The van der Waals surface area contributed by atoms with E-state index in [2.05, 4.69) is 26.0 Å². The highest BCUT2D eigenvalue weighted by molar-refractivity contribution is 5.70. The van der Waals surface area contributed by atoms with Gasteiger partial charge in [-0.25, -0.2) is 0 Å². The zero-order chi connectivity index (χ0) is 38.1. The van der Waals surface area contributed by atoms with Gasteiger partial charge in [-0.1, -0.05) is 154 Å². The molecule has 0 spiro atoms. The molecule has 10 nitrogen and oxygen atoms in total. The van der Waals surface area contributed by atoms with E-state index in [0.717, 1.165) is 57.8 Å². The average Bonchev–Trinajstić information content (AvgIpc) is 3.14. The third-order valence-electron chi connectivity index (χ3n) is 9.90. The fraction of sp³-hybridized carbons (Fsp3) is 0.905. The van der Waals surface area contributed by atoms with Crippen LogP contribution in [0.15, 0.2) is 12.2 Å². The minimum absolute atomic E-state index is 0.216. The van der Waals surface area contributed by atoms with Crippen LogP contribution in [0.5, 0.6) is 0 Å². The van der Waals surface area contributed by atoms with Crippen molar-refractivity contribution in [1.82, 2.24) is 0 Å². The minimum Gasteiger partial charge on any atom is -0.462 e. The molecule has 0 saturated carbocycles. The van der Waals surface area contributed by atoms with E-state index in [0.29, 0.717) is 6.42 Å². The number of hydrogen-bond donors (Lipinski definition) is 4. The number of aliphatic hydroxyl groups excluding tert-OH is 4. The lowest BCUT2D eigenvalue weighted by Crippen LogP contribution is -2.59. The highest BCUT2D eigenvalue weighted by atomic mass is 16.7. The van der Waals surface area contributed by atoms with Crippen LogP contribution in [0.3, 0.4) is 0 Å². The lowest BCUT2D eigenvalue weighted by molar-refractivity contribution is -0.305. The average molecular weight is 743 g/mol. The van der Waals surface area contributed by atoms with Crippen molar-refractivity contribution in [3.8, 4) is 0 Å². The van der Waals surface area contributed by atoms with Gasteiger partial charge in [-0.2, -0.15) is 0 Å². The maximum Gasteiger partial charge on any atom is 0.306 e. The second kappa shape index (κ2) is 34.0. The van der Waals surface area contributed by atoms with E-state index in [4.69, 9.17) is 18.9 Å². The van der Waals surface area contributed by atoms with Crippen LogP contribution in [-0.2, 0) is 28.5 Å². The van der Waals surface area contributed by atoms with Crippen LogP contribution in [-0.4, -0.2) is 89.0 Å². The highest BCUT2D eigenvalue weighted by Gasteiger charge is 2.44. The van der Waals surface area contributed by atoms with Crippen molar-refractivity contribution in [3.05, 3.63) is 12.2 Å².